The lowest BCUT2D eigenvalue weighted by atomic mass is 9.64. The van der Waals surface area contributed by atoms with E-state index in [1.165, 1.54) is 23.1 Å². The van der Waals surface area contributed by atoms with Crippen molar-refractivity contribution in [3.05, 3.63) is 89.3 Å². The third-order valence-electron chi connectivity index (χ3n) is 7.29. The molecule has 38 heavy (non-hydrogen) atoms. The van der Waals surface area contributed by atoms with Crippen LogP contribution in [0.25, 0.3) is 16.3 Å². The highest BCUT2D eigenvalue weighted by Gasteiger charge is 2.46. The number of amides is 3. The van der Waals surface area contributed by atoms with Gasteiger partial charge in [-0.05, 0) is 58.7 Å². The number of rotatable bonds is 5. The summed E-state index contributed by atoms with van der Waals surface area (Å²) in [6.45, 7) is 0.375. The first-order valence-electron chi connectivity index (χ1n) is 12.0. The number of pyridine rings is 1. The summed E-state index contributed by atoms with van der Waals surface area (Å²) in [6, 6.07) is 14.6. The molecule has 0 saturated carbocycles. The van der Waals surface area contributed by atoms with Crippen molar-refractivity contribution in [1.82, 2.24) is 9.88 Å². The average Bonchev–Trinajstić information content (AvgIpc) is 2.87. The van der Waals surface area contributed by atoms with Crippen molar-refractivity contribution >= 4 is 28.3 Å². The zero-order chi connectivity index (χ0) is 27.1. The second-order valence-corrected chi connectivity index (χ2v) is 9.47. The Morgan fingerprint density at radius 2 is 1.87 bits per heavy atom. The molecule has 3 aromatic rings. The van der Waals surface area contributed by atoms with Crippen LogP contribution in [0.15, 0.2) is 78.0 Å². The van der Waals surface area contributed by atoms with Crippen LogP contribution >= 0.6 is 0 Å². The number of fused-ring (bicyclic) bond motifs is 1. The number of primary amides is 2. The number of hydrogen-bond acceptors (Lipinski definition) is 4. The first-order chi connectivity index (χ1) is 18.1. The highest BCUT2D eigenvalue weighted by Crippen LogP contribution is 2.49. The number of carbonyl (C=O) groups is 2. The Labute approximate surface area is 216 Å². The van der Waals surface area contributed by atoms with Gasteiger partial charge in [-0.15, -0.1) is 13.2 Å². The minimum atomic E-state index is -4.83. The number of ether oxygens (including phenoxy) is 1. The maximum absolute atomic E-state index is 13.3. The lowest BCUT2D eigenvalue weighted by Gasteiger charge is -2.43. The summed E-state index contributed by atoms with van der Waals surface area (Å²) < 4.78 is 42.7. The van der Waals surface area contributed by atoms with Gasteiger partial charge in [-0.2, -0.15) is 0 Å². The lowest BCUT2D eigenvalue weighted by Crippen LogP contribution is -2.50. The first kappa shape index (κ1) is 25.3. The van der Waals surface area contributed by atoms with Gasteiger partial charge < -0.3 is 21.1 Å². The Balaban J connectivity index is 1.63. The van der Waals surface area contributed by atoms with E-state index in [1.54, 1.807) is 12.3 Å². The number of aromatic nitrogens is 1. The van der Waals surface area contributed by atoms with Crippen LogP contribution in [-0.4, -0.2) is 41.3 Å². The highest BCUT2D eigenvalue weighted by atomic mass is 19.4. The van der Waals surface area contributed by atoms with Gasteiger partial charge in [0.1, 0.15) is 5.75 Å². The normalized spacial score (nSPS) is 19.7. The van der Waals surface area contributed by atoms with Crippen LogP contribution in [0, 0.1) is 5.41 Å². The van der Waals surface area contributed by atoms with Crippen LogP contribution in [0.2, 0.25) is 0 Å². The van der Waals surface area contributed by atoms with Crippen molar-refractivity contribution < 1.29 is 27.5 Å². The minimum absolute atomic E-state index is 0.0778. The molecule has 0 saturated heterocycles. The number of allylic oxidation sites excluding steroid dienone is 2. The second kappa shape index (κ2) is 9.51. The van der Waals surface area contributed by atoms with E-state index < -0.39 is 23.7 Å². The summed E-state index contributed by atoms with van der Waals surface area (Å²) in [5.74, 6) is -0.921. The number of hydrogen-bond donors (Lipinski definition) is 2. The van der Waals surface area contributed by atoms with Crippen molar-refractivity contribution in [2.45, 2.75) is 25.6 Å². The standard InChI is InChI=1S/C28H25F3N4O3/c29-28(30,31)38-19-6-3-5-18(14-19)20-8-11-27(25(32)36,23-16-35(26(33)37)13-10-22(20)23)15-24-21-7-2-1-4-17(21)9-12-34-24/h1-9,12,14H,10-11,13,15-16H2,(H2,32,36)(H2,33,37). The monoisotopic (exact) mass is 522 g/mol. The molecule has 1 atom stereocenters. The van der Waals surface area contributed by atoms with Crippen LogP contribution in [0.1, 0.15) is 24.1 Å². The number of benzene rings is 2. The molecule has 1 aliphatic carbocycles. The molecule has 4 N–H and O–H groups in total. The molecule has 2 aliphatic rings. The summed E-state index contributed by atoms with van der Waals surface area (Å²) in [6.07, 6.45) is -0.597. The molecule has 0 radical (unpaired) electrons. The zero-order valence-electron chi connectivity index (χ0n) is 20.3. The molecule has 3 amide bonds. The van der Waals surface area contributed by atoms with E-state index in [-0.39, 0.29) is 25.1 Å². The van der Waals surface area contributed by atoms with Gasteiger partial charge >= 0.3 is 12.4 Å². The molecule has 1 unspecified atom stereocenters. The smallest absolute Gasteiger partial charge is 0.406 e. The fourth-order valence-corrected chi connectivity index (χ4v) is 5.49. The predicted octanol–water partition coefficient (Wildman–Crippen LogP) is 4.72. The summed E-state index contributed by atoms with van der Waals surface area (Å²) in [4.78, 5) is 31.4. The van der Waals surface area contributed by atoms with Crippen LogP contribution in [-0.2, 0) is 11.2 Å². The maximum Gasteiger partial charge on any atom is 0.573 e. The molecule has 196 valence electrons. The van der Waals surface area contributed by atoms with Gasteiger partial charge in [-0.3, -0.25) is 9.78 Å². The molecular formula is C28H25F3N4O3. The van der Waals surface area contributed by atoms with Crippen LogP contribution in [0.4, 0.5) is 18.0 Å². The summed E-state index contributed by atoms with van der Waals surface area (Å²) in [5.41, 5.74) is 13.8. The molecule has 0 spiro atoms. The Kier molecular flexibility index (Phi) is 6.34. The van der Waals surface area contributed by atoms with Crippen LogP contribution < -0.4 is 16.2 Å². The van der Waals surface area contributed by atoms with E-state index in [4.69, 9.17) is 11.5 Å². The summed E-state index contributed by atoms with van der Waals surface area (Å²) >= 11 is 0. The van der Waals surface area contributed by atoms with Crippen molar-refractivity contribution in [2.24, 2.45) is 16.9 Å². The molecule has 1 aromatic heterocycles. The van der Waals surface area contributed by atoms with Gasteiger partial charge in [0, 0.05) is 36.8 Å². The third-order valence-corrected chi connectivity index (χ3v) is 7.29. The number of nitrogens with zero attached hydrogens (tertiary/aromatic N) is 2. The number of alkyl halides is 3. The van der Waals surface area contributed by atoms with Crippen molar-refractivity contribution in [3.8, 4) is 5.75 Å². The number of halogens is 3. The average molecular weight is 523 g/mol. The Morgan fingerprint density at radius 3 is 2.61 bits per heavy atom. The molecule has 5 rings (SSSR count). The van der Waals surface area contributed by atoms with Crippen molar-refractivity contribution in [1.29, 1.82) is 0 Å². The number of carbonyl (C=O) groups excluding carboxylic acids is 2. The van der Waals surface area contributed by atoms with Crippen molar-refractivity contribution in [3.63, 3.8) is 0 Å². The van der Waals surface area contributed by atoms with Crippen LogP contribution in [0.5, 0.6) is 5.75 Å². The van der Waals surface area contributed by atoms with Gasteiger partial charge in [-0.1, -0.05) is 42.5 Å². The topological polar surface area (TPSA) is 112 Å². The Hall–Kier alpha value is -4.34. The Bertz CT molecular complexity index is 1490. The molecule has 1 aliphatic heterocycles. The highest BCUT2D eigenvalue weighted by molar-refractivity contribution is 5.93. The molecule has 0 bridgehead atoms. The fraction of sp³-hybridized carbons (Fsp3) is 0.250. The second-order valence-electron chi connectivity index (χ2n) is 9.47. The zero-order valence-corrected chi connectivity index (χ0v) is 20.3. The summed E-state index contributed by atoms with van der Waals surface area (Å²) in [7, 11) is 0. The number of nitrogens with two attached hydrogens (primary N) is 2. The molecular weight excluding hydrogens is 497 g/mol. The summed E-state index contributed by atoms with van der Waals surface area (Å²) in [5, 5.41) is 1.84. The first-order valence-corrected chi connectivity index (χ1v) is 12.0. The molecule has 2 aromatic carbocycles. The van der Waals surface area contributed by atoms with Gasteiger partial charge in [-0.25, -0.2) is 4.79 Å². The van der Waals surface area contributed by atoms with Crippen LogP contribution in [0.3, 0.4) is 0 Å². The largest absolute Gasteiger partial charge is 0.573 e. The molecule has 0 fully saturated rings. The molecule has 2 heterocycles. The third kappa shape index (κ3) is 4.69. The predicted molar refractivity (Wildman–Crippen MR) is 136 cm³/mol. The van der Waals surface area contributed by atoms with Gasteiger partial charge in [0.2, 0.25) is 5.91 Å². The van der Waals surface area contributed by atoms with Gasteiger partial charge in [0.05, 0.1) is 5.41 Å². The van der Waals surface area contributed by atoms with Gasteiger partial charge in [0.25, 0.3) is 0 Å². The van der Waals surface area contributed by atoms with Crippen molar-refractivity contribution in [2.75, 3.05) is 13.1 Å². The van der Waals surface area contributed by atoms with E-state index in [0.717, 1.165) is 16.3 Å². The SMILES string of the molecule is NC(=O)N1CCC2=C(C1)C(Cc1nccc3ccccc13)(C(N)=O)CC=C2c1cccc(OC(F)(F)F)c1. The molecule has 10 heteroatoms. The van der Waals surface area contributed by atoms with E-state index in [0.29, 0.717) is 35.4 Å². The van der Waals surface area contributed by atoms with E-state index >= 15 is 0 Å². The quantitative estimate of drug-likeness (QED) is 0.505. The Morgan fingerprint density at radius 1 is 1.08 bits per heavy atom. The number of urea groups is 1. The lowest BCUT2D eigenvalue weighted by molar-refractivity contribution is -0.274. The van der Waals surface area contributed by atoms with E-state index in [9.17, 15) is 22.8 Å². The van der Waals surface area contributed by atoms with E-state index in [2.05, 4.69) is 9.72 Å². The van der Waals surface area contributed by atoms with Gasteiger partial charge in [0.15, 0.2) is 0 Å². The minimum Gasteiger partial charge on any atom is -0.406 e. The molecule has 7 nitrogen and oxygen atoms in total. The fourth-order valence-electron chi connectivity index (χ4n) is 5.49. The van der Waals surface area contributed by atoms with E-state index in [1.807, 2.05) is 36.4 Å². The maximum atomic E-state index is 13.3.